The maximum Gasteiger partial charge on any atom is 0.0758 e. The van der Waals surface area contributed by atoms with E-state index >= 15 is 0 Å². The molecular formula is C17H33NO. The second-order valence-corrected chi connectivity index (χ2v) is 6.87. The molecule has 2 rings (SSSR count). The average molecular weight is 267 g/mol. The maximum atomic E-state index is 6.13. The van der Waals surface area contributed by atoms with Crippen LogP contribution >= 0.6 is 0 Å². The van der Waals surface area contributed by atoms with Crippen LogP contribution in [0.2, 0.25) is 0 Å². The molecule has 0 bridgehead atoms. The van der Waals surface area contributed by atoms with Crippen molar-refractivity contribution in [1.29, 1.82) is 0 Å². The summed E-state index contributed by atoms with van der Waals surface area (Å²) in [7, 11) is 0. The molecule has 2 heteroatoms. The van der Waals surface area contributed by atoms with Crippen LogP contribution in [0.15, 0.2) is 0 Å². The highest BCUT2D eigenvalue weighted by Gasteiger charge is 2.41. The SMILES string of the molecule is CCNC(C1CCC(C)C(C)C1)C(OCC)C1CC1. The molecule has 0 aromatic heterocycles. The topological polar surface area (TPSA) is 21.3 Å². The molecule has 0 spiro atoms. The number of likely N-dealkylation sites (N-methyl/N-ethyl adjacent to an activating group) is 1. The molecule has 2 aliphatic rings. The number of hydrogen-bond donors (Lipinski definition) is 1. The Balaban J connectivity index is 2.00. The molecule has 19 heavy (non-hydrogen) atoms. The molecule has 0 aromatic carbocycles. The van der Waals surface area contributed by atoms with Crippen molar-refractivity contribution in [2.24, 2.45) is 23.7 Å². The quantitative estimate of drug-likeness (QED) is 0.756. The monoisotopic (exact) mass is 267 g/mol. The van der Waals surface area contributed by atoms with E-state index in [9.17, 15) is 0 Å². The zero-order chi connectivity index (χ0) is 13.8. The van der Waals surface area contributed by atoms with Gasteiger partial charge in [0.05, 0.1) is 6.10 Å². The third-order valence-electron chi connectivity index (χ3n) is 5.39. The lowest BCUT2D eigenvalue weighted by atomic mass is 9.72. The van der Waals surface area contributed by atoms with Gasteiger partial charge in [-0.2, -0.15) is 0 Å². The maximum absolute atomic E-state index is 6.13. The van der Waals surface area contributed by atoms with Crippen molar-refractivity contribution < 1.29 is 4.74 Å². The molecule has 5 unspecified atom stereocenters. The summed E-state index contributed by atoms with van der Waals surface area (Å²) >= 11 is 0. The Kier molecular flexibility index (Phi) is 5.70. The van der Waals surface area contributed by atoms with Crippen molar-refractivity contribution in [3.8, 4) is 0 Å². The summed E-state index contributed by atoms with van der Waals surface area (Å²) in [4.78, 5) is 0. The average Bonchev–Trinajstić information content (AvgIpc) is 3.21. The number of ether oxygens (including phenoxy) is 1. The van der Waals surface area contributed by atoms with Crippen LogP contribution in [0, 0.1) is 23.7 Å². The molecular weight excluding hydrogens is 234 g/mol. The van der Waals surface area contributed by atoms with Gasteiger partial charge in [0.1, 0.15) is 0 Å². The largest absolute Gasteiger partial charge is 0.377 e. The molecule has 2 saturated carbocycles. The molecule has 0 heterocycles. The van der Waals surface area contributed by atoms with E-state index in [1.165, 1.54) is 32.1 Å². The van der Waals surface area contributed by atoms with E-state index in [0.29, 0.717) is 12.1 Å². The predicted octanol–water partition coefficient (Wildman–Crippen LogP) is 3.85. The minimum absolute atomic E-state index is 0.468. The highest BCUT2D eigenvalue weighted by atomic mass is 16.5. The summed E-state index contributed by atoms with van der Waals surface area (Å²) in [5, 5.41) is 3.77. The minimum Gasteiger partial charge on any atom is -0.377 e. The van der Waals surface area contributed by atoms with Gasteiger partial charge in [-0.15, -0.1) is 0 Å². The summed E-state index contributed by atoms with van der Waals surface area (Å²) in [5.41, 5.74) is 0. The minimum atomic E-state index is 0.468. The Morgan fingerprint density at radius 2 is 1.68 bits per heavy atom. The van der Waals surface area contributed by atoms with Crippen molar-refractivity contribution in [3.63, 3.8) is 0 Å². The summed E-state index contributed by atoms with van der Waals surface area (Å²) in [5.74, 6) is 3.44. The molecule has 2 aliphatic carbocycles. The van der Waals surface area contributed by atoms with E-state index in [2.05, 4.69) is 33.0 Å². The van der Waals surface area contributed by atoms with Gasteiger partial charge in [-0.3, -0.25) is 0 Å². The van der Waals surface area contributed by atoms with Gasteiger partial charge in [0.25, 0.3) is 0 Å². The van der Waals surface area contributed by atoms with E-state index in [4.69, 9.17) is 4.74 Å². The fourth-order valence-electron chi connectivity index (χ4n) is 3.85. The fraction of sp³-hybridized carbons (Fsp3) is 1.00. The standard InChI is InChI=1S/C17H33NO/c1-5-18-16(17(19-6-2)14-9-10-14)15-8-7-12(3)13(4)11-15/h12-18H,5-11H2,1-4H3. The molecule has 112 valence electrons. The zero-order valence-corrected chi connectivity index (χ0v) is 13.3. The highest BCUT2D eigenvalue weighted by molar-refractivity contribution is 4.95. The first-order valence-corrected chi connectivity index (χ1v) is 8.52. The van der Waals surface area contributed by atoms with Crippen molar-refractivity contribution in [3.05, 3.63) is 0 Å². The number of hydrogen-bond acceptors (Lipinski definition) is 2. The van der Waals surface area contributed by atoms with Crippen LogP contribution in [-0.4, -0.2) is 25.3 Å². The van der Waals surface area contributed by atoms with Gasteiger partial charge in [-0.05, 0) is 62.8 Å². The molecule has 2 fully saturated rings. The molecule has 0 radical (unpaired) electrons. The van der Waals surface area contributed by atoms with Crippen molar-refractivity contribution in [1.82, 2.24) is 5.32 Å². The van der Waals surface area contributed by atoms with E-state index in [1.807, 2.05) is 0 Å². The fourth-order valence-corrected chi connectivity index (χ4v) is 3.85. The van der Waals surface area contributed by atoms with Crippen molar-refractivity contribution >= 4 is 0 Å². The van der Waals surface area contributed by atoms with Crippen LogP contribution in [0.4, 0.5) is 0 Å². The van der Waals surface area contributed by atoms with E-state index in [0.717, 1.165) is 36.8 Å². The smallest absolute Gasteiger partial charge is 0.0758 e. The number of nitrogens with one attached hydrogen (secondary N) is 1. The van der Waals surface area contributed by atoms with Gasteiger partial charge in [-0.1, -0.05) is 27.2 Å². The predicted molar refractivity (Wildman–Crippen MR) is 81.3 cm³/mol. The number of rotatable bonds is 7. The third-order valence-corrected chi connectivity index (χ3v) is 5.39. The first-order chi connectivity index (χ1) is 9.17. The van der Waals surface area contributed by atoms with E-state index < -0.39 is 0 Å². The second kappa shape index (κ2) is 7.08. The van der Waals surface area contributed by atoms with Crippen molar-refractivity contribution in [2.75, 3.05) is 13.2 Å². The Hall–Kier alpha value is -0.0800. The van der Waals surface area contributed by atoms with Crippen molar-refractivity contribution in [2.45, 2.75) is 71.9 Å². The van der Waals surface area contributed by atoms with Crippen LogP contribution < -0.4 is 5.32 Å². The van der Waals surface area contributed by atoms with Gasteiger partial charge >= 0.3 is 0 Å². The second-order valence-electron chi connectivity index (χ2n) is 6.87. The lowest BCUT2D eigenvalue weighted by molar-refractivity contribution is -0.00847. The third kappa shape index (κ3) is 3.95. The van der Waals surface area contributed by atoms with Crippen LogP contribution in [0.5, 0.6) is 0 Å². The van der Waals surface area contributed by atoms with Crippen LogP contribution in [0.1, 0.15) is 59.8 Å². The summed E-state index contributed by atoms with van der Waals surface area (Å²) in [6, 6.07) is 0.590. The Bertz CT molecular complexity index is 264. The Morgan fingerprint density at radius 3 is 2.21 bits per heavy atom. The summed E-state index contributed by atoms with van der Waals surface area (Å²) in [6.45, 7) is 11.2. The normalized spacial score (nSPS) is 35.1. The van der Waals surface area contributed by atoms with Gasteiger partial charge in [0.2, 0.25) is 0 Å². The Morgan fingerprint density at radius 1 is 1.00 bits per heavy atom. The summed E-state index contributed by atoms with van der Waals surface area (Å²) in [6.07, 6.45) is 7.40. The molecule has 0 aromatic rings. The van der Waals surface area contributed by atoms with Crippen LogP contribution in [0.25, 0.3) is 0 Å². The van der Waals surface area contributed by atoms with E-state index in [-0.39, 0.29) is 0 Å². The molecule has 2 nitrogen and oxygen atoms in total. The Labute approximate surface area is 119 Å². The van der Waals surface area contributed by atoms with Crippen LogP contribution in [-0.2, 0) is 4.74 Å². The lowest BCUT2D eigenvalue weighted by Gasteiger charge is -2.40. The molecule has 0 amide bonds. The molecule has 0 saturated heterocycles. The first kappa shape index (κ1) is 15.3. The molecule has 0 aliphatic heterocycles. The highest BCUT2D eigenvalue weighted by Crippen LogP contribution is 2.42. The van der Waals surface area contributed by atoms with Gasteiger partial charge in [0, 0.05) is 12.6 Å². The zero-order valence-electron chi connectivity index (χ0n) is 13.3. The summed E-state index contributed by atoms with van der Waals surface area (Å²) < 4.78 is 6.13. The molecule has 1 N–H and O–H groups in total. The first-order valence-electron chi connectivity index (χ1n) is 8.52. The van der Waals surface area contributed by atoms with Crippen LogP contribution in [0.3, 0.4) is 0 Å². The van der Waals surface area contributed by atoms with E-state index in [1.54, 1.807) is 0 Å². The van der Waals surface area contributed by atoms with Gasteiger partial charge in [-0.25, -0.2) is 0 Å². The lowest BCUT2D eigenvalue weighted by Crippen LogP contribution is -2.49. The molecule has 5 atom stereocenters. The van der Waals surface area contributed by atoms with Gasteiger partial charge < -0.3 is 10.1 Å². The van der Waals surface area contributed by atoms with Gasteiger partial charge in [0.15, 0.2) is 0 Å².